The molecule has 0 aliphatic rings. The summed E-state index contributed by atoms with van der Waals surface area (Å²) >= 11 is 3.09. The van der Waals surface area contributed by atoms with Gasteiger partial charge in [0.1, 0.15) is 0 Å². The topological polar surface area (TPSA) is 90.7 Å². The van der Waals surface area contributed by atoms with Gasteiger partial charge in [0.2, 0.25) is 0 Å². The van der Waals surface area contributed by atoms with Crippen LogP contribution in [0.2, 0.25) is 0 Å². The molecule has 0 saturated heterocycles. The number of hydrogen-bond acceptors (Lipinski definition) is 4. The maximum atomic E-state index is 10.4. The summed E-state index contributed by atoms with van der Waals surface area (Å²) in [5.74, 6) is -0.917. The summed E-state index contributed by atoms with van der Waals surface area (Å²) in [7, 11) is 0. The van der Waals surface area contributed by atoms with Crippen LogP contribution in [-0.4, -0.2) is 4.92 Å². The van der Waals surface area contributed by atoms with E-state index in [1.54, 1.807) is 12.1 Å². The third-order valence-corrected chi connectivity index (χ3v) is 2.45. The van der Waals surface area contributed by atoms with Gasteiger partial charge in [0.15, 0.2) is 5.92 Å². The molecule has 6 heteroatoms. The number of nitriles is 2. The average Bonchev–Trinajstić information content (AvgIpc) is 2.21. The minimum absolute atomic E-state index is 0.0831. The number of hydrogen-bond donors (Lipinski definition) is 0. The Morgan fingerprint density at radius 3 is 2.40 bits per heavy atom. The molecule has 0 spiro atoms. The molecule has 0 heterocycles. The second kappa shape index (κ2) is 4.54. The molecule has 15 heavy (non-hydrogen) atoms. The SMILES string of the molecule is N#CC(C#N)c1ccc([N+](=O)[O-])cc1Br. The van der Waals surface area contributed by atoms with E-state index in [0.29, 0.717) is 10.0 Å². The highest BCUT2D eigenvalue weighted by Crippen LogP contribution is 2.28. The van der Waals surface area contributed by atoms with Gasteiger partial charge in [0, 0.05) is 16.6 Å². The fourth-order valence-electron chi connectivity index (χ4n) is 1.03. The molecule has 74 valence electrons. The first-order valence-electron chi connectivity index (χ1n) is 3.83. The normalized spacial score (nSPS) is 9.33. The van der Waals surface area contributed by atoms with Crippen LogP contribution in [0.3, 0.4) is 0 Å². The van der Waals surface area contributed by atoms with Crippen molar-refractivity contribution in [1.82, 2.24) is 0 Å². The predicted octanol–water partition coefficient (Wildman–Crippen LogP) is 2.49. The Morgan fingerprint density at radius 2 is 2.00 bits per heavy atom. The van der Waals surface area contributed by atoms with Crippen molar-refractivity contribution in [2.45, 2.75) is 5.92 Å². The molecule has 0 saturated carbocycles. The van der Waals surface area contributed by atoms with E-state index in [1.807, 2.05) is 0 Å². The number of nitro benzene ring substituents is 1. The van der Waals surface area contributed by atoms with Crippen molar-refractivity contribution in [1.29, 1.82) is 10.5 Å². The Hall–Kier alpha value is -1.92. The third-order valence-electron chi connectivity index (χ3n) is 1.76. The van der Waals surface area contributed by atoms with Gasteiger partial charge in [0.05, 0.1) is 17.1 Å². The number of benzene rings is 1. The van der Waals surface area contributed by atoms with Crippen LogP contribution in [0.5, 0.6) is 0 Å². The second-order valence-corrected chi connectivity index (χ2v) is 3.51. The lowest BCUT2D eigenvalue weighted by Crippen LogP contribution is -1.95. The minimum Gasteiger partial charge on any atom is -0.258 e. The third kappa shape index (κ3) is 2.30. The Morgan fingerprint density at radius 1 is 1.40 bits per heavy atom. The van der Waals surface area contributed by atoms with Gasteiger partial charge in [-0.15, -0.1) is 0 Å². The monoisotopic (exact) mass is 265 g/mol. The van der Waals surface area contributed by atoms with E-state index < -0.39 is 10.8 Å². The van der Waals surface area contributed by atoms with Gasteiger partial charge in [-0.3, -0.25) is 10.1 Å². The molecule has 0 fully saturated rings. The Bertz CT molecular complexity index is 473. The van der Waals surface area contributed by atoms with E-state index in [9.17, 15) is 10.1 Å². The Kier molecular flexibility index (Phi) is 3.37. The summed E-state index contributed by atoms with van der Waals surface area (Å²) in [5.41, 5.74) is 0.353. The van der Waals surface area contributed by atoms with Gasteiger partial charge < -0.3 is 0 Å². The van der Waals surface area contributed by atoms with E-state index in [4.69, 9.17) is 10.5 Å². The molecular weight excluding hydrogens is 262 g/mol. The summed E-state index contributed by atoms with van der Waals surface area (Å²) in [6.45, 7) is 0. The lowest BCUT2D eigenvalue weighted by Gasteiger charge is -2.02. The Balaban J connectivity index is 3.21. The van der Waals surface area contributed by atoms with Crippen LogP contribution < -0.4 is 0 Å². The molecular formula is C9H4BrN3O2. The summed E-state index contributed by atoms with van der Waals surface area (Å²) in [6, 6.07) is 7.54. The lowest BCUT2D eigenvalue weighted by atomic mass is 10.0. The number of rotatable bonds is 2. The molecule has 0 aliphatic carbocycles. The molecule has 0 N–H and O–H groups in total. The average molecular weight is 266 g/mol. The number of non-ortho nitro benzene ring substituents is 1. The zero-order chi connectivity index (χ0) is 11.4. The summed E-state index contributed by atoms with van der Waals surface area (Å²) < 4.78 is 0.393. The summed E-state index contributed by atoms with van der Waals surface area (Å²) in [6.07, 6.45) is 0. The van der Waals surface area contributed by atoms with Gasteiger partial charge >= 0.3 is 0 Å². The van der Waals surface area contributed by atoms with Crippen LogP contribution in [0.1, 0.15) is 11.5 Å². The van der Waals surface area contributed by atoms with Gasteiger partial charge in [-0.25, -0.2) is 0 Å². The van der Waals surface area contributed by atoms with Crippen molar-refractivity contribution in [3.05, 3.63) is 38.3 Å². The fourth-order valence-corrected chi connectivity index (χ4v) is 1.63. The molecule has 0 atom stereocenters. The minimum atomic E-state index is -0.917. The van der Waals surface area contributed by atoms with E-state index in [0.717, 1.165) is 0 Å². The van der Waals surface area contributed by atoms with Gasteiger partial charge in [-0.1, -0.05) is 15.9 Å². The van der Waals surface area contributed by atoms with Crippen molar-refractivity contribution in [2.24, 2.45) is 0 Å². The molecule has 0 amide bonds. The summed E-state index contributed by atoms with van der Waals surface area (Å²) in [5, 5.41) is 27.7. The van der Waals surface area contributed by atoms with Crippen molar-refractivity contribution in [3.63, 3.8) is 0 Å². The zero-order valence-corrected chi connectivity index (χ0v) is 8.93. The maximum Gasteiger partial charge on any atom is 0.270 e. The second-order valence-electron chi connectivity index (χ2n) is 2.65. The zero-order valence-electron chi connectivity index (χ0n) is 7.35. The van der Waals surface area contributed by atoms with Crippen LogP contribution >= 0.6 is 15.9 Å². The van der Waals surface area contributed by atoms with E-state index in [-0.39, 0.29) is 5.69 Å². The van der Waals surface area contributed by atoms with E-state index in [2.05, 4.69) is 15.9 Å². The first-order chi connectivity index (χ1) is 7.10. The summed E-state index contributed by atoms with van der Waals surface area (Å²) in [4.78, 5) is 9.89. The number of halogens is 1. The van der Waals surface area contributed by atoms with Crippen molar-refractivity contribution >= 4 is 21.6 Å². The molecule has 0 unspecified atom stereocenters. The van der Waals surface area contributed by atoms with E-state index in [1.165, 1.54) is 18.2 Å². The molecule has 0 radical (unpaired) electrons. The molecule has 1 rings (SSSR count). The number of nitrogens with zero attached hydrogens (tertiary/aromatic N) is 3. The predicted molar refractivity (Wildman–Crippen MR) is 54.8 cm³/mol. The number of nitro groups is 1. The van der Waals surface area contributed by atoms with Crippen LogP contribution in [0, 0.1) is 32.8 Å². The van der Waals surface area contributed by atoms with Crippen LogP contribution in [0.4, 0.5) is 5.69 Å². The largest absolute Gasteiger partial charge is 0.270 e. The van der Waals surface area contributed by atoms with Crippen molar-refractivity contribution < 1.29 is 4.92 Å². The Labute approximate surface area is 93.8 Å². The molecule has 0 bridgehead atoms. The van der Waals surface area contributed by atoms with E-state index >= 15 is 0 Å². The lowest BCUT2D eigenvalue weighted by molar-refractivity contribution is -0.384. The van der Waals surface area contributed by atoms with Crippen molar-refractivity contribution in [2.75, 3.05) is 0 Å². The standard InChI is InChI=1S/C9H4BrN3O2/c10-9-3-7(13(14)15)1-2-8(9)6(4-11)5-12/h1-3,6H. The fraction of sp³-hybridized carbons (Fsp3) is 0.111. The van der Waals surface area contributed by atoms with Gasteiger partial charge in [-0.2, -0.15) is 10.5 Å². The molecule has 0 aliphatic heterocycles. The molecule has 5 nitrogen and oxygen atoms in total. The first kappa shape index (κ1) is 11.2. The van der Waals surface area contributed by atoms with Crippen LogP contribution in [0.15, 0.2) is 22.7 Å². The molecule has 1 aromatic rings. The maximum absolute atomic E-state index is 10.4. The smallest absolute Gasteiger partial charge is 0.258 e. The van der Waals surface area contributed by atoms with Crippen LogP contribution in [-0.2, 0) is 0 Å². The van der Waals surface area contributed by atoms with Gasteiger partial charge in [0.25, 0.3) is 5.69 Å². The van der Waals surface area contributed by atoms with Gasteiger partial charge in [-0.05, 0) is 11.6 Å². The highest BCUT2D eigenvalue weighted by atomic mass is 79.9. The highest BCUT2D eigenvalue weighted by Gasteiger charge is 2.16. The highest BCUT2D eigenvalue weighted by molar-refractivity contribution is 9.10. The quantitative estimate of drug-likeness (QED) is 0.607. The molecule has 0 aromatic heterocycles. The first-order valence-corrected chi connectivity index (χ1v) is 4.62. The van der Waals surface area contributed by atoms with Crippen molar-refractivity contribution in [3.8, 4) is 12.1 Å². The van der Waals surface area contributed by atoms with Crippen LogP contribution in [0.25, 0.3) is 0 Å². The molecule has 1 aromatic carbocycles.